The smallest absolute Gasteiger partial charge is 0.303 e. The first-order chi connectivity index (χ1) is 19.3. The zero-order valence-electron chi connectivity index (χ0n) is 24.6. The number of para-hydroxylation sites is 1. The van der Waals surface area contributed by atoms with E-state index in [9.17, 15) is 17.8 Å². The van der Waals surface area contributed by atoms with Crippen molar-refractivity contribution in [1.82, 2.24) is 0 Å². The average molecular weight is 578 g/mol. The first-order valence-electron chi connectivity index (χ1n) is 14.2. The molecule has 2 heterocycles. The van der Waals surface area contributed by atoms with Gasteiger partial charge in [0.2, 0.25) is 5.69 Å². The molecule has 0 saturated carbocycles. The second kappa shape index (κ2) is 11.8. The topological polar surface area (TPSA) is 97.9 Å². The summed E-state index contributed by atoms with van der Waals surface area (Å²) in [6.45, 7) is 12.3. The predicted molar refractivity (Wildman–Crippen MR) is 164 cm³/mol. The SMILES string of the molecule is CC[N+]1=C(/C=C/C=C/C=C2/N(CCCCCC(=O)O)c3ccc(S(=O)(=O)O)cc3C2(C)C)C(C)(C)c2ccccc21. The summed E-state index contributed by atoms with van der Waals surface area (Å²) >= 11 is 0. The molecule has 4 rings (SSSR count). The van der Waals surface area contributed by atoms with E-state index in [1.165, 1.54) is 23.0 Å². The molecule has 0 unspecified atom stereocenters. The molecular weight excluding hydrogens is 536 g/mol. The number of allylic oxidation sites excluding steroid dienone is 6. The van der Waals surface area contributed by atoms with E-state index in [0.29, 0.717) is 13.0 Å². The second-order valence-corrected chi connectivity index (χ2v) is 13.1. The van der Waals surface area contributed by atoms with Crippen LogP contribution in [-0.2, 0) is 25.7 Å². The Bertz CT molecular complexity index is 1560. The van der Waals surface area contributed by atoms with Crippen LogP contribution in [0.4, 0.5) is 11.4 Å². The molecule has 2 aromatic rings. The third-order valence-corrected chi connectivity index (χ3v) is 9.13. The van der Waals surface area contributed by atoms with Crippen LogP contribution in [0.15, 0.2) is 83.4 Å². The number of nitrogens with zero attached hydrogens (tertiary/aromatic N) is 2. The summed E-state index contributed by atoms with van der Waals surface area (Å²) in [6, 6.07) is 13.3. The molecule has 0 radical (unpaired) electrons. The molecule has 0 aromatic heterocycles. The van der Waals surface area contributed by atoms with Crippen molar-refractivity contribution in [2.75, 3.05) is 18.0 Å². The number of carbonyl (C=O) groups is 1. The molecule has 7 nitrogen and oxygen atoms in total. The van der Waals surface area contributed by atoms with Gasteiger partial charge in [0.25, 0.3) is 10.1 Å². The average Bonchev–Trinajstić information content (AvgIpc) is 3.26. The molecule has 0 spiro atoms. The molecule has 0 fully saturated rings. The van der Waals surface area contributed by atoms with Gasteiger partial charge in [0.05, 0.1) is 10.3 Å². The number of aliphatic carboxylic acids is 1. The van der Waals surface area contributed by atoms with E-state index in [2.05, 4.69) is 72.7 Å². The van der Waals surface area contributed by atoms with E-state index in [1.54, 1.807) is 12.1 Å². The molecule has 8 heteroatoms. The number of anilines is 1. The highest BCUT2D eigenvalue weighted by Crippen LogP contribution is 2.48. The van der Waals surface area contributed by atoms with Gasteiger partial charge in [-0.25, -0.2) is 0 Å². The van der Waals surface area contributed by atoms with Crippen LogP contribution in [-0.4, -0.2) is 47.4 Å². The van der Waals surface area contributed by atoms with Crippen molar-refractivity contribution in [3.8, 4) is 0 Å². The Morgan fingerprint density at radius 1 is 0.951 bits per heavy atom. The molecule has 0 aliphatic carbocycles. The Labute approximate surface area is 244 Å². The van der Waals surface area contributed by atoms with Gasteiger partial charge < -0.3 is 10.0 Å². The molecule has 0 bridgehead atoms. The minimum Gasteiger partial charge on any atom is -0.481 e. The van der Waals surface area contributed by atoms with Crippen molar-refractivity contribution < 1.29 is 27.4 Å². The molecule has 2 aliphatic rings. The quantitative estimate of drug-likeness (QED) is 0.132. The summed E-state index contributed by atoms with van der Waals surface area (Å²) in [5.41, 5.74) is 5.94. The summed E-state index contributed by atoms with van der Waals surface area (Å²) in [7, 11) is -4.33. The number of carboxylic acid groups (broad SMARTS) is 1. The Hall–Kier alpha value is -3.49. The normalized spacial score (nSPS) is 18.6. The summed E-state index contributed by atoms with van der Waals surface area (Å²) in [4.78, 5) is 13.0. The Kier molecular flexibility index (Phi) is 8.76. The summed E-state index contributed by atoms with van der Waals surface area (Å²) in [5.74, 6) is -0.792. The fourth-order valence-electron chi connectivity index (χ4n) is 6.12. The van der Waals surface area contributed by atoms with Crippen molar-refractivity contribution in [1.29, 1.82) is 0 Å². The summed E-state index contributed by atoms with van der Waals surface area (Å²) in [6.07, 6.45) is 12.6. The largest absolute Gasteiger partial charge is 0.481 e. The molecule has 0 saturated heterocycles. The lowest BCUT2D eigenvalue weighted by Gasteiger charge is -2.27. The zero-order chi connectivity index (χ0) is 30.0. The van der Waals surface area contributed by atoms with Gasteiger partial charge in [-0.05, 0) is 63.5 Å². The van der Waals surface area contributed by atoms with E-state index in [0.717, 1.165) is 36.3 Å². The minimum absolute atomic E-state index is 0.104. The molecular formula is C33H41N2O5S+. The van der Waals surface area contributed by atoms with E-state index >= 15 is 0 Å². The zero-order valence-corrected chi connectivity index (χ0v) is 25.4. The first kappa shape index (κ1) is 30.5. The lowest BCUT2D eigenvalue weighted by atomic mass is 9.81. The van der Waals surface area contributed by atoms with Crippen LogP contribution in [0.2, 0.25) is 0 Å². The number of unbranched alkanes of at least 4 members (excludes halogenated alkanes) is 2. The number of hydrogen-bond acceptors (Lipinski definition) is 4. The maximum absolute atomic E-state index is 11.9. The fraction of sp³-hybridized carbons (Fsp3) is 0.394. The number of fused-ring (bicyclic) bond motifs is 2. The standard InChI is InChI=1S/C33H40N2O5S/c1-6-34-27-16-13-12-15-25(27)32(2,3)29(34)17-9-7-10-18-30-33(4,5)26-23-24(41(38,39)40)20-21-28(26)35(30)22-14-8-11-19-31(36)37/h7,9-10,12-13,15-18,20-21,23H,6,8,11,14,19,22H2,1-5H3,(H-,36,37,38,39,40)/p+1. The van der Waals surface area contributed by atoms with Gasteiger partial charge in [0.1, 0.15) is 6.54 Å². The Morgan fingerprint density at radius 3 is 2.37 bits per heavy atom. The van der Waals surface area contributed by atoms with Gasteiger partial charge >= 0.3 is 5.97 Å². The van der Waals surface area contributed by atoms with E-state index in [-0.39, 0.29) is 16.7 Å². The lowest BCUT2D eigenvalue weighted by molar-refractivity contribution is -0.433. The van der Waals surface area contributed by atoms with E-state index in [4.69, 9.17) is 5.11 Å². The van der Waals surface area contributed by atoms with Crippen molar-refractivity contribution in [2.24, 2.45) is 0 Å². The highest BCUT2D eigenvalue weighted by atomic mass is 32.2. The molecule has 41 heavy (non-hydrogen) atoms. The van der Waals surface area contributed by atoms with Crippen LogP contribution >= 0.6 is 0 Å². The maximum atomic E-state index is 11.9. The van der Waals surface area contributed by atoms with Crippen LogP contribution in [0, 0.1) is 0 Å². The fourth-order valence-corrected chi connectivity index (χ4v) is 6.62. The minimum atomic E-state index is -4.33. The molecule has 2 aliphatic heterocycles. The van der Waals surface area contributed by atoms with Crippen molar-refractivity contribution >= 4 is 33.2 Å². The predicted octanol–water partition coefficient (Wildman–Crippen LogP) is 6.77. The van der Waals surface area contributed by atoms with Crippen molar-refractivity contribution in [3.05, 3.63) is 89.7 Å². The second-order valence-electron chi connectivity index (χ2n) is 11.7. The van der Waals surface area contributed by atoms with Gasteiger partial charge in [-0.2, -0.15) is 13.0 Å². The van der Waals surface area contributed by atoms with Gasteiger partial charge in [-0.3, -0.25) is 9.35 Å². The van der Waals surface area contributed by atoms with Crippen molar-refractivity contribution in [2.45, 2.75) is 76.0 Å². The highest BCUT2D eigenvalue weighted by molar-refractivity contribution is 7.85. The Balaban J connectivity index is 1.62. The van der Waals surface area contributed by atoms with Gasteiger partial charge in [0.15, 0.2) is 5.71 Å². The van der Waals surface area contributed by atoms with Crippen LogP contribution in [0.25, 0.3) is 0 Å². The van der Waals surface area contributed by atoms with Crippen LogP contribution in [0.5, 0.6) is 0 Å². The summed E-state index contributed by atoms with van der Waals surface area (Å²) < 4.78 is 35.8. The molecule has 0 atom stereocenters. The lowest BCUT2D eigenvalue weighted by Crippen LogP contribution is -2.27. The van der Waals surface area contributed by atoms with Gasteiger partial charge in [0, 0.05) is 47.5 Å². The van der Waals surface area contributed by atoms with Gasteiger partial charge in [-0.1, -0.05) is 56.7 Å². The number of carboxylic acids is 1. The van der Waals surface area contributed by atoms with Gasteiger partial charge in [-0.15, -0.1) is 0 Å². The third-order valence-electron chi connectivity index (χ3n) is 8.28. The molecule has 2 aromatic carbocycles. The summed E-state index contributed by atoms with van der Waals surface area (Å²) in [5, 5.41) is 8.96. The van der Waals surface area contributed by atoms with Crippen LogP contribution in [0.1, 0.15) is 71.4 Å². The molecule has 0 amide bonds. The van der Waals surface area contributed by atoms with E-state index < -0.39 is 21.5 Å². The molecule has 2 N–H and O–H groups in total. The third kappa shape index (κ3) is 6.09. The number of rotatable bonds is 11. The maximum Gasteiger partial charge on any atom is 0.303 e. The van der Waals surface area contributed by atoms with E-state index in [1.807, 2.05) is 26.0 Å². The molecule has 218 valence electrons. The number of benzene rings is 2. The Morgan fingerprint density at radius 2 is 1.68 bits per heavy atom. The van der Waals surface area contributed by atoms with Crippen LogP contribution in [0.3, 0.4) is 0 Å². The highest BCUT2D eigenvalue weighted by Gasteiger charge is 2.43. The monoisotopic (exact) mass is 577 g/mol. The first-order valence-corrected chi connectivity index (χ1v) is 15.7. The van der Waals surface area contributed by atoms with Crippen LogP contribution < -0.4 is 4.90 Å². The number of hydrogen-bond donors (Lipinski definition) is 2. The van der Waals surface area contributed by atoms with Crippen molar-refractivity contribution in [3.63, 3.8) is 0 Å².